The maximum absolute atomic E-state index is 12.3. The molecule has 1 fully saturated rings. The third-order valence-corrected chi connectivity index (χ3v) is 5.17. The Hall–Kier alpha value is -2.17. The minimum absolute atomic E-state index is 0. The number of hydrogen-bond acceptors (Lipinski definition) is 3. The number of piperidine rings is 1. The molecule has 0 bridgehead atoms. The molecule has 0 radical (unpaired) electrons. The van der Waals surface area contributed by atoms with Gasteiger partial charge in [-0.15, -0.1) is 12.4 Å². The number of carbonyl (C=O) groups excluding carboxylic acids is 2. The Morgan fingerprint density at radius 1 is 0.964 bits per heavy atom. The number of hydrogen-bond donors (Lipinski definition) is 2. The van der Waals surface area contributed by atoms with Gasteiger partial charge >= 0.3 is 0 Å². The molecule has 1 heterocycles. The largest absolute Gasteiger partial charge is 0.356 e. The number of nitrogens with one attached hydrogen (secondary N) is 2. The SMILES string of the molecule is Cl.O=C(CCC(=O)c1ccc(-c2ccccc2)cc1)NCCC1CCCNC1. The number of ketones is 1. The molecule has 0 saturated carbocycles. The van der Waals surface area contributed by atoms with Crippen LogP contribution in [0.15, 0.2) is 54.6 Å². The highest BCUT2D eigenvalue weighted by atomic mass is 35.5. The maximum atomic E-state index is 12.3. The molecule has 0 aromatic heterocycles. The van der Waals surface area contributed by atoms with Crippen LogP contribution < -0.4 is 10.6 Å². The average Bonchev–Trinajstić information content (AvgIpc) is 2.73. The van der Waals surface area contributed by atoms with E-state index in [2.05, 4.69) is 10.6 Å². The second-order valence-corrected chi connectivity index (χ2v) is 7.22. The Morgan fingerprint density at radius 3 is 2.36 bits per heavy atom. The van der Waals surface area contributed by atoms with Gasteiger partial charge in [0.2, 0.25) is 5.91 Å². The first-order chi connectivity index (χ1) is 13.2. The topological polar surface area (TPSA) is 58.2 Å². The first-order valence-corrected chi connectivity index (χ1v) is 9.88. The van der Waals surface area contributed by atoms with Gasteiger partial charge in [0, 0.05) is 24.9 Å². The molecular weight excluding hydrogens is 372 g/mol. The Labute approximate surface area is 173 Å². The highest BCUT2D eigenvalue weighted by Crippen LogP contribution is 2.20. The van der Waals surface area contributed by atoms with E-state index in [0.29, 0.717) is 18.0 Å². The summed E-state index contributed by atoms with van der Waals surface area (Å²) in [6.45, 7) is 2.86. The zero-order chi connectivity index (χ0) is 18.9. The molecule has 2 aromatic rings. The van der Waals surface area contributed by atoms with Crippen molar-refractivity contribution in [2.45, 2.75) is 32.1 Å². The standard InChI is InChI=1S/C23H28N2O2.ClH/c26-22(12-13-23(27)25-16-14-18-5-4-15-24-17-18)21-10-8-20(9-11-21)19-6-2-1-3-7-19;/h1-3,6-11,18,24H,4-5,12-17H2,(H,25,27);1H. The van der Waals surface area contributed by atoms with Gasteiger partial charge < -0.3 is 10.6 Å². The third-order valence-electron chi connectivity index (χ3n) is 5.17. The van der Waals surface area contributed by atoms with E-state index in [1.54, 1.807) is 0 Å². The normalized spacial score (nSPS) is 16.1. The summed E-state index contributed by atoms with van der Waals surface area (Å²) in [7, 11) is 0. The van der Waals surface area contributed by atoms with Crippen molar-refractivity contribution in [2.24, 2.45) is 5.92 Å². The van der Waals surface area contributed by atoms with Crippen molar-refractivity contribution in [3.63, 3.8) is 0 Å². The van der Waals surface area contributed by atoms with Gasteiger partial charge in [-0.1, -0.05) is 54.6 Å². The van der Waals surface area contributed by atoms with Crippen molar-refractivity contribution in [3.05, 3.63) is 60.2 Å². The maximum Gasteiger partial charge on any atom is 0.220 e. The Bertz CT molecular complexity index is 741. The zero-order valence-corrected chi connectivity index (χ0v) is 17.0. The molecule has 2 N–H and O–H groups in total. The van der Waals surface area contributed by atoms with Gasteiger partial charge in [-0.2, -0.15) is 0 Å². The monoisotopic (exact) mass is 400 g/mol. The van der Waals surface area contributed by atoms with Gasteiger partial charge in [0.1, 0.15) is 0 Å². The summed E-state index contributed by atoms with van der Waals surface area (Å²) < 4.78 is 0. The zero-order valence-electron chi connectivity index (χ0n) is 16.2. The molecule has 1 amide bonds. The van der Waals surface area contributed by atoms with Crippen LogP contribution in [0.5, 0.6) is 0 Å². The Morgan fingerprint density at radius 2 is 1.68 bits per heavy atom. The number of benzene rings is 2. The van der Waals surface area contributed by atoms with E-state index < -0.39 is 0 Å². The summed E-state index contributed by atoms with van der Waals surface area (Å²) in [4.78, 5) is 24.3. The van der Waals surface area contributed by atoms with Crippen molar-refractivity contribution in [1.82, 2.24) is 10.6 Å². The summed E-state index contributed by atoms with van der Waals surface area (Å²) in [5.41, 5.74) is 2.88. The van der Waals surface area contributed by atoms with E-state index in [4.69, 9.17) is 0 Å². The van der Waals surface area contributed by atoms with Crippen LogP contribution >= 0.6 is 12.4 Å². The molecule has 1 saturated heterocycles. The molecule has 1 unspecified atom stereocenters. The molecule has 1 atom stereocenters. The lowest BCUT2D eigenvalue weighted by Crippen LogP contribution is -2.33. The molecule has 4 nitrogen and oxygen atoms in total. The summed E-state index contributed by atoms with van der Waals surface area (Å²) in [6, 6.07) is 17.7. The van der Waals surface area contributed by atoms with E-state index in [-0.39, 0.29) is 36.9 Å². The van der Waals surface area contributed by atoms with Crippen LogP contribution in [0.2, 0.25) is 0 Å². The lowest BCUT2D eigenvalue weighted by Gasteiger charge is -2.22. The van der Waals surface area contributed by atoms with Crippen LogP contribution in [-0.4, -0.2) is 31.3 Å². The summed E-state index contributed by atoms with van der Waals surface area (Å²) >= 11 is 0. The highest BCUT2D eigenvalue weighted by molar-refractivity contribution is 5.98. The molecule has 0 spiro atoms. The number of Topliss-reactive ketones (excluding diaryl/α,β-unsaturated/α-hetero) is 1. The molecule has 3 rings (SSSR count). The minimum Gasteiger partial charge on any atom is -0.356 e. The molecule has 2 aromatic carbocycles. The van der Waals surface area contributed by atoms with Gasteiger partial charge in [0.15, 0.2) is 5.78 Å². The summed E-state index contributed by atoms with van der Waals surface area (Å²) in [6.07, 6.45) is 3.97. The van der Waals surface area contributed by atoms with Crippen molar-refractivity contribution in [2.75, 3.05) is 19.6 Å². The first-order valence-electron chi connectivity index (χ1n) is 9.88. The highest BCUT2D eigenvalue weighted by Gasteiger charge is 2.13. The smallest absolute Gasteiger partial charge is 0.220 e. The van der Waals surface area contributed by atoms with Crippen LogP contribution in [0.4, 0.5) is 0 Å². The van der Waals surface area contributed by atoms with Crippen molar-refractivity contribution in [3.8, 4) is 11.1 Å². The number of amides is 1. The fourth-order valence-electron chi connectivity index (χ4n) is 3.53. The van der Waals surface area contributed by atoms with Crippen molar-refractivity contribution >= 4 is 24.1 Å². The molecule has 5 heteroatoms. The van der Waals surface area contributed by atoms with Crippen LogP contribution in [0.3, 0.4) is 0 Å². The quantitative estimate of drug-likeness (QED) is 0.651. The van der Waals surface area contributed by atoms with E-state index in [1.807, 2.05) is 54.6 Å². The lowest BCUT2D eigenvalue weighted by atomic mass is 9.96. The van der Waals surface area contributed by atoms with E-state index in [1.165, 1.54) is 12.8 Å². The van der Waals surface area contributed by atoms with Crippen molar-refractivity contribution in [1.29, 1.82) is 0 Å². The first kappa shape index (κ1) is 22.1. The van der Waals surface area contributed by atoms with Gasteiger partial charge in [-0.25, -0.2) is 0 Å². The number of carbonyl (C=O) groups is 2. The number of rotatable bonds is 8. The van der Waals surface area contributed by atoms with Crippen LogP contribution in [0, 0.1) is 5.92 Å². The molecule has 1 aliphatic heterocycles. The molecule has 150 valence electrons. The predicted octanol–water partition coefficient (Wildman–Crippen LogP) is 4.24. The van der Waals surface area contributed by atoms with Gasteiger partial charge in [-0.05, 0) is 49.4 Å². The van der Waals surface area contributed by atoms with Gasteiger partial charge in [0.05, 0.1) is 0 Å². The fourth-order valence-corrected chi connectivity index (χ4v) is 3.53. The molecule has 0 aliphatic carbocycles. The molecule has 28 heavy (non-hydrogen) atoms. The second-order valence-electron chi connectivity index (χ2n) is 7.22. The third kappa shape index (κ3) is 6.77. The lowest BCUT2D eigenvalue weighted by molar-refractivity contribution is -0.121. The van der Waals surface area contributed by atoms with Gasteiger partial charge in [0.25, 0.3) is 0 Å². The molecule has 1 aliphatic rings. The Balaban J connectivity index is 0.00000280. The van der Waals surface area contributed by atoms with Gasteiger partial charge in [-0.3, -0.25) is 9.59 Å². The minimum atomic E-state index is -0.0342. The van der Waals surface area contributed by atoms with E-state index in [0.717, 1.165) is 30.6 Å². The Kier molecular flexibility index (Phi) is 9.18. The fraction of sp³-hybridized carbons (Fsp3) is 0.391. The van der Waals surface area contributed by atoms with E-state index >= 15 is 0 Å². The van der Waals surface area contributed by atoms with E-state index in [9.17, 15) is 9.59 Å². The summed E-state index contributed by atoms with van der Waals surface area (Å²) in [5.74, 6) is 0.637. The summed E-state index contributed by atoms with van der Waals surface area (Å²) in [5, 5.41) is 6.34. The predicted molar refractivity (Wildman–Crippen MR) is 116 cm³/mol. The average molecular weight is 401 g/mol. The van der Waals surface area contributed by atoms with Crippen LogP contribution in [0.1, 0.15) is 42.5 Å². The number of halogens is 1. The molecular formula is C23H29ClN2O2. The van der Waals surface area contributed by atoms with Crippen LogP contribution in [-0.2, 0) is 4.79 Å². The van der Waals surface area contributed by atoms with Crippen LogP contribution in [0.25, 0.3) is 11.1 Å². The second kappa shape index (κ2) is 11.6. The van der Waals surface area contributed by atoms with Crippen molar-refractivity contribution < 1.29 is 9.59 Å².